The van der Waals surface area contributed by atoms with Crippen molar-refractivity contribution in [1.29, 1.82) is 0 Å². The van der Waals surface area contributed by atoms with Crippen LogP contribution in [0.25, 0.3) is 0 Å². The first-order chi connectivity index (χ1) is 8.50. The Morgan fingerprint density at radius 3 is 2.72 bits per heavy atom. The van der Waals surface area contributed by atoms with Crippen LogP contribution in [0.3, 0.4) is 0 Å². The van der Waals surface area contributed by atoms with Crippen LogP contribution in [0.2, 0.25) is 0 Å². The molecule has 0 saturated heterocycles. The molecule has 2 rings (SSSR count). The first-order valence-corrected chi connectivity index (χ1v) is 7.19. The molecule has 0 aliphatic heterocycles. The van der Waals surface area contributed by atoms with Gasteiger partial charge in [0.05, 0.1) is 4.47 Å². The summed E-state index contributed by atoms with van der Waals surface area (Å²) in [7, 11) is 0. The lowest BCUT2D eigenvalue weighted by Gasteiger charge is -2.31. The highest BCUT2D eigenvalue weighted by Gasteiger charge is 2.29. The summed E-state index contributed by atoms with van der Waals surface area (Å²) < 4.78 is 28.1. The molecule has 1 saturated carbocycles. The molecule has 0 bridgehead atoms. The Labute approximate surface area is 115 Å². The monoisotopic (exact) mass is 317 g/mol. The van der Waals surface area contributed by atoms with Gasteiger partial charge in [-0.2, -0.15) is 0 Å². The first-order valence-electron chi connectivity index (χ1n) is 6.39. The third-order valence-corrected chi connectivity index (χ3v) is 4.51. The lowest BCUT2D eigenvalue weighted by molar-refractivity contribution is 0.242. The van der Waals surface area contributed by atoms with Crippen LogP contribution < -0.4 is 5.73 Å². The van der Waals surface area contributed by atoms with E-state index < -0.39 is 17.7 Å². The summed E-state index contributed by atoms with van der Waals surface area (Å²) >= 11 is 3.09. The van der Waals surface area contributed by atoms with Gasteiger partial charge >= 0.3 is 0 Å². The molecule has 3 atom stereocenters. The quantitative estimate of drug-likeness (QED) is 0.795. The Hall–Kier alpha value is -0.480. The smallest absolute Gasteiger partial charge is 0.145 e. The minimum atomic E-state index is -0.555. The predicted octanol–water partition coefficient (Wildman–Crippen LogP) is 4.55. The topological polar surface area (TPSA) is 26.0 Å². The van der Waals surface area contributed by atoms with Crippen molar-refractivity contribution in [3.63, 3.8) is 0 Å². The Bertz CT molecular complexity index is 436. The van der Waals surface area contributed by atoms with Crippen LogP contribution in [0, 0.1) is 23.5 Å². The Kier molecular flexibility index (Phi) is 4.38. The lowest BCUT2D eigenvalue weighted by atomic mass is 9.77. The average Bonchev–Trinajstić information content (AvgIpc) is 2.34. The van der Waals surface area contributed by atoms with Gasteiger partial charge in [-0.15, -0.1) is 0 Å². The van der Waals surface area contributed by atoms with Gasteiger partial charge in [0.1, 0.15) is 11.6 Å². The van der Waals surface area contributed by atoms with Gasteiger partial charge < -0.3 is 5.73 Å². The van der Waals surface area contributed by atoms with Crippen LogP contribution in [-0.4, -0.2) is 0 Å². The number of hydrogen-bond donors (Lipinski definition) is 1. The molecule has 0 heterocycles. The normalized spacial score (nSPS) is 26.1. The number of halogens is 3. The fourth-order valence-electron chi connectivity index (χ4n) is 2.89. The molecule has 4 heteroatoms. The fraction of sp³-hybridized carbons (Fsp3) is 0.571. The Morgan fingerprint density at radius 1 is 1.33 bits per heavy atom. The summed E-state index contributed by atoms with van der Waals surface area (Å²) in [5.41, 5.74) is 6.13. The van der Waals surface area contributed by atoms with Gasteiger partial charge in [-0.25, -0.2) is 8.78 Å². The van der Waals surface area contributed by atoms with Crippen LogP contribution in [0.4, 0.5) is 8.78 Å². The zero-order chi connectivity index (χ0) is 13.3. The molecular formula is C14H18BrF2N. The second-order valence-electron chi connectivity index (χ2n) is 5.31. The highest BCUT2D eigenvalue weighted by Crippen LogP contribution is 2.38. The molecule has 1 aliphatic carbocycles. The van der Waals surface area contributed by atoms with Crippen molar-refractivity contribution in [1.82, 2.24) is 0 Å². The van der Waals surface area contributed by atoms with E-state index >= 15 is 0 Å². The van der Waals surface area contributed by atoms with E-state index in [2.05, 4.69) is 22.9 Å². The summed E-state index contributed by atoms with van der Waals surface area (Å²) in [4.78, 5) is 0. The van der Waals surface area contributed by atoms with E-state index in [1.807, 2.05) is 0 Å². The molecule has 1 aromatic carbocycles. The summed E-state index contributed by atoms with van der Waals surface area (Å²) in [6, 6.07) is 2.10. The van der Waals surface area contributed by atoms with Gasteiger partial charge in [0.2, 0.25) is 0 Å². The van der Waals surface area contributed by atoms with Crippen LogP contribution in [-0.2, 0) is 0 Å². The van der Waals surface area contributed by atoms with Crippen LogP contribution in [0.5, 0.6) is 0 Å². The van der Waals surface area contributed by atoms with E-state index in [4.69, 9.17) is 5.73 Å². The van der Waals surface area contributed by atoms with E-state index in [0.717, 1.165) is 19.3 Å². The van der Waals surface area contributed by atoms with Crippen molar-refractivity contribution < 1.29 is 8.78 Å². The fourth-order valence-corrected chi connectivity index (χ4v) is 3.24. The zero-order valence-corrected chi connectivity index (χ0v) is 12.0. The maximum atomic E-state index is 14.0. The van der Waals surface area contributed by atoms with Gasteiger partial charge in [-0.05, 0) is 52.7 Å². The maximum absolute atomic E-state index is 14.0. The van der Waals surface area contributed by atoms with Crippen LogP contribution in [0.15, 0.2) is 16.6 Å². The average molecular weight is 318 g/mol. The maximum Gasteiger partial charge on any atom is 0.145 e. The van der Waals surface area contributed by atoms with Gasteiger partial charge in [-0.1, -0.05) is 19.8 Å². The van der Waals surface area contributed by atoms with Gasteiger partial charge in [0, 0.05) is 11.6 Å². The van der Waals surface area contributed by atoms with E-state index in [1.165, 1.54) is 18.6 Å². The molecule has 1 nitrogen and oxygen atoms in total. The summed E-state index contributed by atoms with van der Waals surface area (Å²) in [6.45, 7) is 2.17. The molecule has 3 unspecified atom stereocenters. The molecule has 0 radical (unpaired) electrons. The van der Waals surface area contributed by atoms with E-state index in [9.17, 15) is 8.78 Å². The second-order valence-corrected chi connectivity index (χ2v) is 6.17. The van der Waals surface area contributed by atoms with E-state index in [-0.39, 0.29) is 16.0 Å². The SMILES string of the molecule is CC1CCCC(C(N)c2c(F)ccc(Br)c2F)C1. The second kappa shape index (κ2) is 5.66. The lowest BCUT2D eigenvalue weighted by Crippen LogP contribution is -2.28. The van der Waals surface area contributed by atoms with Crippen molar-refractivity contribution in [3.8, 4) is 0 Å². The van der Waals surface area contributed by atoms with Gasteiger partial charge in [-0.3, -0.25) is 0 Å². The largest absolute Gasteiger partial charge is 0.324 e. The van der Waals surface area contributed by atoms with Crippen molar-refractivity contribution in [2.45, 2.75) is 38.6 Å². The molecule has 18 heavy (non-hydrogen) atoms. The van der Waals surface area contributed by atoms with Crippen molar-refractivity contribution >= 4 is 15.9 Å². The molecule has 1 aromatic rings. The van der Waals surface area contributed by atoms with Crippen molar-refractivity contribution in [2.24, 2.45) is 17.6 Å². The standard InChI is InChI=1S/C14H18BrF2N/c1-8-3-2-4-9(7-8)14(18)12-11(16)6-5-10(15)13(12)17/h5-6,8-9,14H,2-4,7,18H2,1H3. The van der Waals surface area contributed by atoms with Crippen molar-refractivity contribution in [2.75, 3.05) is 0 Å². The minimum Gasteiger partial charge on any atom is -0.324 e. The minimum absolute atomic E-state index is 0.0310. The first kappa shape index (κ1) is 13.9. The Morgan fingerprint density at radius 2 is 2.06 bits per heavy atom. The third kappa shape index (κ3) is 2.75. The summed E-state index contributed by atoms with van der Waals surface area (Å²) in [6.07, 6.45) is 4.19. The number of nitrogens with two attached hydrogens (primary N) is 1. The molecule has 0 aromatic heterocycles. The van der Waals surface area contributed by atoms with Gasteiger partial charge in [0.15, 0.2) is 0 Å². The van der Waals surface area contributed by atoms with Gasteiger partial charge in [0.25, 0.3) is 0 Å². The number of hydrogen-bond acceptors (Lipinski definition) is 1. The molecular weight excluding hydrogens is 300 g/mol. The summed E-state index contributed by atoms with van der Waals surface area (Å²) in [5.74, 6) is -0.331. The third-order valence-electron chi connectivity index (χ3n) is 3.90. The Balaban J connectivity index is 2.28. The molecule has 100 valence electrons. The highest BCUT2D eigenvalue weighted by molar-refractivity contribution is 9.10. The molecule has 0 amide bonds. The van der Waals surface area contributed by atoms with E-state index in [1.54, 1.807) is 0 Å². The molecule has 0 spiro atoms. The van der Waals surface area contributed by atoms with Crippen LogP contribution in [0.1, 0.15) is 44.2 Å². The van der Waals surface area contributed by atoms with E-state index in [0.29, 0.717) is 5.92 Å². The number of rotatable bonds is 2. The zero-order valence-electron chi connectivity index (χ0n) is 10.4. The summed E-state index contributed by atoms with van der Waals surface area (Å²) in [5, 5.41) is 0. The highest BCUT2D eigenvalue weighted by atomic mass is 79.9. The molecule has 1 fully saturated rings. The predicted molar refractivity (Wildman–Crippen MR) is 72.1 cm³/mol. The number of benzene rings is 1. The molecule has 1 aliphatic rings. The van der Waals surface area contributed by atoms with Crippen LogP contribution >= 0.6 is 15.9 Å². The van der Waals surface area contributed by atoms with Crippen molar-refractivity contribution in [3.05, 3.63) is 33.8 Å². The molecule has 2 N–H and O–H groups in total.